The Morgan fingerprint density at radius 1 is 1.38 bits per heavy atom. The third kappa shape index (κ3) is 4.89. The minimum absolute atomic E-state index is 0.250. The van der Waals surface area contributed by atoms with Crippen LogP contribution in [0.25, 0.3) is 0 Å². The summed E-state index contributed by atoms with van der Waals surface area (Å²) in [4.78, 5) is 0. The predicted octanol–water partition coefficient (Wildman–Crippen LogP) is 1.68. The van der Waals surface area contributed by atoms with E-state index in [0.29, 0.717) is 0 Å². The van der Waals surface area contributed by atoms with Crippen LogP contribution in [0.15, 0.2) is 24.3 Å². The fourth-order valence-corrected chi connectivity index (χ4v) is 0.687. The molecule has 0 unspecified atom stereocenters. The molecule has 0 atom stereocenters. The molecule has 70 valence electrons. The van der Waals surface area contributed by atoms with Crippen LogP contribution in [0.5, 0.6) is 5.75 Å². The number of benzene rings is 1. The van der Waals surface area contributed by atoms with Crippen molar-refractivity contribution in [1.29, 1.82) is 0 Å². The lowest BCUT2D eigenvalue weighted by Gasteiger charge is -1.96. The van der Waals surface area contributed by atoms with E-state index in [1.54, 1.807) is 14.0 Å². The quantitative estimate of drug-likeness (QED) is 0.663. The van der Waals surface area contributed by atoms with Gasteiger partial charge in [-0.1, -0.05) is 5.92 Å². The Hall–Kier alpha value is -1.46. The van der Waals surface area contributed by atoms with Gasteiger partial charge in [-0.05, 0) is 31.2 Å². The largest absolute Gasteiger partial charge is 0.497 e. The van der Waals surface area contributed by atoms with Crippen LogP contribution >= 0.6 is 0 Å². The molecule has 0 heterocycles. The minimum Gasteiger partial charge on any atom is -0.497 e. The molecule has 1 N–H and O–H groups in total. The average molecular weight is 178 g/mol. The molecule has 1 rings (SSSR count). The molecule has 1 aromatic rings. The first-order valence-corrected chi connectivity index (χ1v) is 4.00. The molecule has 2 nitrogen and oxygen atoms in total. The van der Waals surface area contributed by atoms with Crippen molar-refractivity contribution in [3.63, 3.8) is 0 Å². The zero-order valence-electron chi connectivity index (χ0n) is 7.95. The van der Waals surface area contributed by atoms with Crippen molar-refractivity contribution in [2.24, 2.45) is 0 Å². The summed E-state index contributed by atoms with van der Waals surface area (Å²) in [5.74, 6) is 3.36. The molecule has 0 radical (unpaired) electrons. The summed E-state index contributed by atoms with van der Waals surface area (Å²) in [7, 11) is 1.63. The van der Waals surface area contributed by atoms with Crippen molar-refractivity contribution in [3.8, 4) is 18.1 Å². The third-order valence-electron chi connectivity index (χ3n) is 1.26. The summed E-state index contributed by atoms with van der Waals surface area (Å²) in [6, 6.07) is 7.38. The minimum atomic E-state index is 0.250. The average Bonchev–Trinajstić information content (AvgIpc) is 2.19. The van der Waals surface area contributed by atoms with Crippen molar-refractivity contribution < 1.29 is 9.84 Å². The molecule has 1 aromatic carbocycles. The van der Waals surface area contributed by atoms with E-state index in [0.717, 1.165) is 11.3 Å². The Balaban J connectivity index is 0.000000424. The van der Waals surface area contributed by atoms with E-state index in [4.69, 9.17) is 16.3 Å². The van der Waals surface area contributed by atoms with E-state index in [1.165, 1.54) is 0 Å². The summed E-state index contributed by atoms with van der Waals surface area (Å²) in [5.41, 5.74) is 0.876. The van der Waals surface area contributed by atoms with Crippen LogP contribution in [-0.2, 0) is 0 Å². The summed E-state index contributed by atoms with van der Waals surface area (Å²) in [5, 5.41) is 7.57. The Morgan fingerprint density at radius 2 is 1.85 bits per heavy atom. The molecule has 0 aliphatic carbocycles. The molecule has 0 aliphatic heterocycles. The van der Waals surface area contributed by atoms with E-state index in [1.807, 2.05) is 24.3 Å². The monoisotopic (exact) mass is 178 g/mol. The predicted molar refractivity (Wildman–Crippen MR) is 53.7 cm³/mol. The zero-order chi connectivity index (χ0) is 10.1. The first-order valence-electron chi connectivity index (χ1n) is 4.00. The summed E-state index contributed by atoms with van der Waals surface area (Å²) < 4.78 is 4.95. The number of hydrogen-bond acceptors (Lipinski definition) is 2. The van der Waals surface area contributed by atoms with Crippen LogP contribution in [-0.4, -0.2) is 18.8 Å². The van der Waals surface area contributed by atoms with Gasteiger partial charge in [0.25, 0.3) is 0 Å². The fourth-order valence-electron chi connectivity index (χ4n) is 0.687. The van der Waals surface area contributed by atoms with Crippen LogP contribution in [0.2, 0.25) is 0 Å². The first kappa shape index (κ1) is 11.5. The van der Waals surface area contributed by atoms with Crippen molar-refractivity contribution in [2.45, 2.75) is 6.92 Å². The smallest absolute Gasteiger partial charge is 0.118 e. The van der Waals surface area contributed by atoms with Gasteiger partial charge in [0, 0.05) is 12.2 Å². The Labute approximate surface area is 79.2 Å². The Morgan fingerprint density at radius 3 is 2.15 bits per heavy atom. The van der Waals surface area contributed by atoms with Gasteiger partial charge in [-0.3, -0.25) is 0 Å². The van der Waals surface area contributed by atoms with Crippen LogP contribution in [0.3, 0.4) is 0 Å². The van der Waals surface area contributed by atoms with E-state index < -0.39 is 0 Å². The third-order valence-corrected chi connectivity index (χ3v) is 1.26. The van der Waals surface area contributed by atoms with Gasteiger partial charge in [-0.15, -0.1) is 6.42 Å². The lowest BCUT2D eigenvalue weighted by atomic mass is 10.2. The fraction of sp³-hybridized carbons (Fsp3) is 0.273. The second-order valence-electron chi connectivity index (χ2n) is 2.19. The van der Waals surface area contributed by atoms with Crippen molar-refractivity contribution in [3.05, 3.63) is 29.8 Å². The SMILES string of the molecule is C#Cc1ccc(OC)cc1.CCO. The number of terminal acetylenes is 1. The highest BCUT2D eigenvalue weighted by Gasteiger charge is 1.87. The standard InChI is InChI=1S/C9H8O.C2H6O/c1-3-8-4-6-9(10-2)7-5-8;1-2-3/h1,4-7H,2H3;3H,2H2,1H3. The molecule has 0 aliphatic rings. The highest BCUT2D eigenvalue weighted by Crippen LogP contribution is 2.09. The summed E-state index contributed by atoms with van der Waals surface area (Å²) >= 11 is 0. The van der Waals surface area contributed by atoms with E-state index in [2.05, 4.69) is 5.92 Å². The zero-order valence-corrected chi connectivity index (χ0v) is 7.95. The van der Waals surface area contributed by atoms with Crippen LogP contribution in [0.1, 0.15) is 12.5 Å². The first-order chi connectivity index (χ1) is 6.28. The lowest BCUT2D eigenvalue weighted by Crippen LogP contribution is -1.81. The Kier molecular flexibility index (Phi) is 6.39. The molecular formula is C11H14O2. The normalized spacial score (nSPS) is 7.85. The van der Waals surface area contributed by atoms with Gasteiger partial charge >= 0.3 is 0 Å². The van der Waals surface area contributed by atoms with Crippen molar-refractivity contribution >= 4 is 0 Å². The number of aliphatic hydroxyl groups excluding tert-OH is 1. The maximum Gasteiger partial charge on any atom is 0.118 e. The van der Waals surface area contributed by atoms with Gasteiger partial charge in [0.2, 0.25) is 0 Å². The van der Waals surface area contributed by atoms with Gasteiger partial charge in [0.1, 0.15) is 5.75 Å². The van der Waals surface area contributed by atoms with E-state index in [-0.39, 0.29) is 6.61 Å². The molecular weight excluding hydrogens is 164 g/mol. The van der Waals surface area contributed by atoms with Crippen LogP contribution in [0, 0.1) is 12.3 Å². The second kappa shape index (κ2) is 7.20. The maximum absolute atomic E-state index is 7.57. The molecule has 0 spiro atoms. The van der Waals surface area contributed by atoms with Gasteiger partial charge in [0.15, 0.2) is 0 Å². The summed E-state index contributed by atoms with van der Waals surface area (Å²) in [6.07, 6.45) is 5.15. The lowest BCUT2D eigenvalue weighted by molar-refractivity contribution is 0.318. The van der Waals surface area contributed by atoms with Crippen molar-refractivity contribution in [1.82, 2.24) is 0 Å². The number of rotatable bonds is 1. The van der Waals surface area contributed by atoms with Gasteiger partial charge in [-0.2, -0.15) is 0 Å². The molecule has 0 fully saturated rings. The number of ether oxygens (including phenoxy) is 1. The maximum atomic E-state index is 7.57. The molecule has 13 heavy (non-hydrogen) atoms. The van der Waals surface area contributed by atoms with Gasteiger partial charge in [0.05, 0.1) is 7.11 Å². The molecule has 0 saturated carbocycles. The Bertz CT molecular complexity index is 256. The topological polar surface area (TPSA) is 29.5 Å². The van der Waals surface area contributed by atoms with Crippen LogP contribution < -0.4 is 4.74 Å². The van der Waals surface area contributed by atoms with E-state index in [9.17, 15) is 0 Å². The van der Waals surface area contributed by atoms with Crippen LogP contribution in [0.4, 0.5) is 0 Å². The second-order valence-corrected chi connectivity index (χ2v) is 2.19. The molecule has 0 aromatic heterocycles. The van der Waals surface area contributed by atoms with Gasteiger partial charge < -0.3 is 9.84 Å². The number of aliphatic hydroxyl groups is 1. The number of methoxy groups -OCH3 is 1. The summed E-state index contributed by atoms with van der Waals surface area (Å²) in [6.45, 7) is 1.93. The molecule has 0 saturated heterocycles. The van der Waals surface area contributed by atoms with Crippen molar-refractivity contribution in [2.75, 3.05) is 13.7 Å². The highest BCUT2D eigenvalue weighted by atomic mass is 16.5. The molecule has 0 bridgehead atoms. The number of hydrogen-bond donors (Lipinski definition) is 1. The van der Waals surface area contributed by atoms with E-state index >= 15 is 0 Å². The molecule has 2 heteroatoms. The molecule has 0 amide bonds. The van der Waals surface area contributed by atoms with Gasteiger partial charge in [-0.25, -0.2) is 0 Å². The highest BCUT2D eigenvalue weighted by molar-refractivity contribution is 5.36.